The molecule has 0 atom stereocenters. The van der Waals surface area contributed by atoms with E-state index in [-0.39, 0.29) is 51.4 Å². The van der Waals surface area contributed by atoms with Crippen LogP contribution in [-0.4, -0.2) is 28.2 Å². The molecule has 0 fully saturated rings. The predicted molar refractivity (Wildman–Crippen MR) is 110 cm³/mol. The number of oxime groups is 1. The molecule has 3 aromatic carbocycles. The summed E-state index contributed by atoms with van der Waals surface area (Å²) in [4.78, 5) is 4.76. The molecule has 0 saturated heterocycles. The summed E-state index contributed by atoms with van der Waals surface area (Å²) >= 11 is 6.38. The largest absolute Gasteiger partial charge is 1.00 e. The molecule has 146 valence electrons. The van der Waals surface area contributed by atoms with E-state index in [1.807, 2.05) is 41.0 Å². The van der Waals surface area contributed by atoms with Gasteiger partial charge in [0.15, 0.2) is 0 Å². The van der Waals surface area contributed by atoms with E-state index in [9.17, 15) is 13.0 Å². The molecular weight excluding hydrogens is 453 g/mol. The first-order valence-corrected chi connectivity index (χ1v) is 10.5. The monoisotopic (exact) mass is 465 g/mol. The van der Waals surface area contributed by atoms with E-state index in [1.165, 1.54) is 0 Å². The topological polar surface area (TPSA) is 96.6 Å². The number of hydrogen-bond donors (Lipinski definition) is 0. The fraction of sp³-hybridized carbons (Fsp3) is 0.100. The van der Waals surface area contributed by atoms with Gasteiger partial charge in [-0.3, -0.25) is 4.28 Å². The molecule has 1 aliphatic rings. The SMILES string of the molecule is O=S(=O)([O-])O/N=C1/CCn2c(-c3ccc4ccccc4c3)nc3c(Cl)ccc1c32.[K+]. The van der Waals surface area contributed by atoms with Crippen LogP contribution in [0, 0.1) is 0 Å². The van der Waals surface area contributed by atoms with Crippen LogP contribution in [0.4, 0.5) is 0 Å². The van der Waals surface area contributed by atoms with Crippen LogP contribution in [0.25, 0.3) is 33.2 Å². The van der Waals surface area contributed by atoms with Gasteiger partial charge in [0.1, 0.15) is 11.3 Å². The Morgan fingerprint density at radius 2 is 1.87 bits per heavy atom. The first-order chi connectivity index (χ1) is 13.9. The summed E-state index contributed by atoms with van der Waals surface area (Å²) in [5.41, 5.74) is 3.27. The molecule has 0 saturated carbocycles. The van der Waals surface area contributed by atoms with Crippen molar-refractivity contribution in [3.8, 4) is 11.4 Å². The van der Waals surface area contributed by atoms with Crippen molar-refractivity contribution >= 4 is 49.5 Å². The van der Waals surface area contributed by atoms with Gasteiger partial charge in [-0.15, -0.1) is 0 Å². The van der Waals surface area contributed by atoms with Gasteiger partial charge in [0, 0.05) is 24.1 Å². The molecular formula is C20H13ClKN3O4S. The van der Waals surface area contributed by atoms with Crippen LogP contribution < -0.4 is 51.4 Å². The number of benzene rings is 3. The summed E-state index contributed by atoms with van der Waals surface area (Å²) in [6.07, 6.45) is 0.385. The van der Waals surface area contributed by atoms with Gasteiger partial charge < -0.3 is 9.12 Å². The third-order valence-corrected chi connectivity index (χ3v) is 5.54. The van der Waals surface area contributed by atoms with Crippen molar-refractivity contribution in [2.75, 3.05) is 0 Å². The number of aryl methyl sites for hydroxylation is 1. The van der Waals surface area contributed by atoms with Crippen molar-refractivity contribution < 1.29 is 68.6 Å². The number of halogens is 1. The zero-order valence-electron chi connectivity index (χ0n) is 15.9. The predicted octanol–water partition coefficient (Wildman–Crippen LogP) is 1.10. The number of aromatic nitrogens is 2. The van der Waals surface area contributed by atoms with E-state index in [4.69, 9.17) is 16.6 Å². The van der Waals surface area contributed by atoms with Crippen LogP contribution >= 0.6 is 11.6 Å². The first kappa shape index (κ1) is 21.9. The van der Waals surface area contributed by atoms with Gasteiger partial charge >= 0.3 is 51.4 Å². The van der Waals surface area contributed by atoms with Crippen LogP contribution in [0.5, 0.6) is 0 Å². The van der Waals surface area contributed by atoms with Gasteiger partial charge in [0.25, 0.3) is 10.4 Å². The van der Waals surface area contributed by atoms with E-state index in [1.54, 1.807) is 12.1 Å². The molecule has 0 N–H and O–H groups in total. The van der Waals surface area contributed by atoms with Gasteiger partial charge in [-0.1, -0.05) is 53.2 Å². The summed E-state index contributed by atoms with van der Waals surface area (Å²) in [5.74, 6) is 0.761. The first-order valence-electron chi connectivity index (χ1n) is 8.80. The second-order valence-electron chi connectivity index (χ2n) is 6.71. The maximum absolute atomic E-state index is 10.8. The number of fused-ring (bicyclic) bond motifs is 1. The van der Waals surface area contributed by atoms with Gasteiger partial charge in [0.05, 0.1) is 16.3 Å². The molecule has 7 nitrogen and oxygen atoms in total. The molecule has 0 unspecified atom stereocenters. The molecule has 1 aromatic heterocycles. The number of rotatable bonds is 3. The molecule has 30 heavy (non-hydrogen) atoms. The smallest absolute Gasteiger partial charge is 0.714 e. The molecule has 0 bridgehead atoms. The molecule has 0 radical (unpaired) electrons. The van der Waals surface area contributed by atoms with Crippen molar-refractivity contribution in [1.29, 1.82) is 0 Å². The Kier molecular flexibility index (Phi) is 6.08. The Balaban J connectivity index is 0.00000218. The Morgan fingerprint density at radius 1 is 1.10 bits per heavy atom. The zero-order valence-corrected chi connectivity index (χ0v) is 20.6. The Morgan fingerprint density at radius 3 is 2.63 bits per heavy atom. The molecule has 4 aromatic rings. The molecule has 10 heteroatoms. The number of hydrogen-bond acceptors (Lipinski definition) is 6. The quantitative estimate of drug-likeness (QED) is 0.195. The van der Waals surface area contributed by atoms with Gasteiger partial charge in [-0.2, -0.15) is 8.42 Å². The normalized spacial score (nSPS) is 14.8. The Hall–Kier alpha value is -1.30. The van der Waals surface area contributed by atoms with E-state index in [2.05, 4.69) is 15.5 Å². The van der Waals surface area contributed by atoms with Gasteiger partial charge in [-0.25, -0.2) is 4.98 Å². The molecule has 2 heterocycles. The van der Waals surface area contributed by atoms with Crippen molar-refractivity contribution in [2.24, 2.45) is 5.16 Å². The van der Waals surface area contributed by atoms with E-state index in [0.29, 0.717) is 34.8 Å². The molecule has 5 rings (SSSR count). The van der Waals surface area contributed by atoms with Crippen LogP contribution in [0.1, 0.15) is 12.0 Å². The van der Waals surface area contributed by atoms with Crippen LogP contribution in [0.15, 0.2) is 59.8 Å². The van der Waals surface area contributed by atoms with E-state index in [0.717, 1.165) is 27.7 Å². The summed E-state index contributed by atoms with van der Waals surface area (Å²) < 4.78 is 38.5. The zero-order chi connectivity index (χ0) is 20.2. The third kappa shape index (κ3) is 3.96. The van der Waals surface area contributed by atoms with Crippen molar-refractivity contribution in [1.82, 2.24) is 9.55 Å². The second-order valence-corrected chi connectivity index (χ2v) is 8.08. The van der Waals surface area contributed by atoms with Crippen molar-refractivity contribution in [3.05, 3.63) is 65.2 Å². The van der Waals surface area contributed by atoms with Gasteiger partial charge in [0.2, 0.25) is 0 Å². The maximum atomic E-state index is 10.8. The van der Waals surface area contributed by atoms with E-state index < -0.39 is 10.4 Å². The minimum atomic E-state index is -4.92. The third-order valence-electron chi connectivity index (χ3n) is 4.97. The Bertz CT molecular complexity index is 1430. The summed E-state index contributed by atoms with van der Waals surface area (Å²) in [6, 6.07) is 17.6. The standard InChI is InChI=1S/C20H14ClN3O4S.K/c21-16-8-7-15-17(23-28-29(25,26)27)9-10-24-19(15)18(16)22-20(24)14-6-5-12-3-1-2-4-13(12)11-14;/h1-8,11H,9-10H2,(H,25,26,27);/q;+1/p-1/b23-17-;. The molecule has 0 spiro atoms. The fourth-order valence-corrected chi connectivity index (χ4v) is 4.12. The van der Waals surface area contributed by atoms with Crippen molar-refractivity contribution in [3.63, 3.8) is 0 Å². The minimum Gasteiger partial charge on any atom is -0.714 e. The average molecular weight is 466 g/mol. The molecule has 1 aliphatic heterocycles. The van der Waals surface area contributed by atoms with Crippen LogP contribution in [0.3, 0.4) is 0 Å². The van der Waals surface area contributed by atoms with Crippen molar-refractivity contribution in [2.45, 2.75) is 13.0 Å². The van der Waals surface area contributed by atoms with Crippen LogP contribution in [0.2, 0.25) is 5.02 Å². The molecule has 0 amide bonds. The summed E-state index contributed by atoms with van der Waals surface area (Å²) in [7, 11) is -4.92. The van der Waals surface area contributed by atoms with Gasteiger partial charge in [-0.05, 0) is 29.0 Å². The average Bonchev–Trinajstić information content (AvgIpc) is 3.10. The summed E-state index contributed by atoms with van der Waals surface area (Å²) in [6.45, 7) is 0.493. The second kappa shape index (κ2) is 8.32. The number of imidazole rings is 1. The Labute approximate surface area is 220 Å². The number of nitrogens with zero attached hydrogens (tertiary/aromatic N) is 3. The summed E-state index contributed by atoms with van der Waals surface area (Å²) in [5, 5.41) is 6.27. The van der Waals surface area contributed by atoms with E-state index >= 15 is 0 Å². The maximum Gasteiger partial charge on any atom is 1.00 e. The minimum absolute atomic E-state index is 0. The fourth-order valence-electron chi connectivity index (χ4n) is 3.74. The molecule has 0 aliphatic carbocycles. The van der Waals surface area contributed by atoms with Crippen LogP contribution in [-0.2, 0) is 21.2 Å².